The first kappa shape index (κ1) is 9.80. The average molecular weight is 198 g/mol. The van der Waals surface area contributed by atoms with Crippen LogP contribution in [0.5, 0.6) is 0 Å². The highest BCUT2D eigenvalue weighted by Crippen LogP contribution is 2.26. The van der Waals surface area contributed by atoms with Gasteiger partial charge in [-0.3, -0.25) is 0 Å². The van der Waals surface area contributed by atoms with E-state index in [2.05, 4.69) is 0 Å². The van der Waals surface area contributed by atoms with Gasteiger partial charge in [-0.05, 0) is 0 Å². The molecule has 3 rings (SSSR count). The van der Waals surface area contributed by atoms with Gasteiger partial charge in [-0.25, -0.2) is 18.6 Å². The first-order chi connectivity index (χ1) is 6.51. The quantitative estimate of drug-likeness (QED) is 0.503. The van der Waals surface area contributed by atoms with Gasteiger partial charge in [0.1, 0.15) is 39.3 Å². The van der Waals surface area contributed by atoms with Gasteiger partial charge in [0, 0.05) is 0 Å². The predicted molar refractivity (Wildman–Crippen MR) is 51.1 cm³/mol. The monoisotopic (exact) mass is 198 g/mol. The average Bonchev–Trinajstić information content (AvgIpc) is 2.20. The second-order valence-electron chi connectivity index (χ2n) is 4.67. The molecule has 3 aliphatic heterocycles. The minimum Gasteiger partial charge on any atom is -0.247 e. The minimum atomic E-state index is 0.269. The van der Waals surface area contributed by atoms with Crippen molar-refractivity contribution in [1.29, 1.82) is 0 Å². The molecule has 0 aromatic heterocycles. The van der Waals surface area contributed by atoms with E-state index in [1.54, 1.807) is 13.8 Å². The van der Waals surface area contributed by atoms with Crippen LogP contribution in [0.3, 0.4) is 0 Å². The molecule has 0 radical (unpaired) electrons. The Hall–Kier alpha value is -0.740. The number of carbonyl (C=O) groups excluding carboxylic acids is 2. The van der Waals surface area contributed by atoms with Gasteiger partial charge >= 0.3 is 11.8 Å². The largest absolute Gasteiger partial charge is 0.311 e. The molecule has 0 spiro atoms. The highest BCUT2D eigenvalue weighted by atomic mass is 16.2. The van der Waals surface area contributed by atoms with E-state index in [0.717, 1.165) is 39.3 Å². The van der Waals surface area contributed by atoms with Crippen molar-refractivity contribution in [3.05, 3.63) is 0 Å². The van der Waals surface area contributed by atoms with Crippen LogP contribution < -0.4 is 0 Å². The van der Waals surface area contributed by atoms with E-state index in [4.69, 9.17) is 0 Å². The van der Waals surface area contributed by atoms with Gasteiger partial charge in [0.05, 0.1) is 13.8 Å². The molecule has 0 aromatic carbocycles. The summed E-state index contributed by atoms with van der Waals surface area (Å²) in [7, 11) is 0. The van der Waals surface area contributed by atoms with Gasteiger partial charge in [-0.2, -0.15) is 0 Å². The molecule has 0 unspecified atom stereocenters. The fraction of sp³-hybridized carbons (Fsp3) is 0.800. The summed E-state index contributed by atoms with van der Waals surface area (Å²) in [6, 6.07) is 0. The first-order valence-electron chi connectivity index (χ1n) is 5.25. The number of fused-ring (bicyclic) bond motifs is 3. The molecule has 3 saturated heterocycles. The van der Waals surface area contributed by atoms with Gasteiger partial charge in [-0.1, -0.05) is 0 Å². The Labute approximate surface area is 84.3 Å². The van der Waals surface area contributed by atoms with E-state index in [9.17, 15) is 9.59 Å². The summed E-state index contributed by atoms with van der Waals surface area (Å²) in [5, 5.41) is 0. The standard InChI is InChI=1S/C10H18N2O2/c1-9(13)11-3-6-12(7-4-11,8-5-11)10(2)14/h3-8H2,1-2H3/q+2. The smallest absolute Gasteiger partial charge is 0.247 e. The molecule has 0 saturated carbocycles. The Bertz CT molecular complexity index is 244. The maximum Gasteiger partial charge on any atom is 0.311 e. The van der Waals surface area contributed by atoms with Crippen molar-refractivity contribution in [2.75, 3.05) is 39.3 Å². The van der Waals surface area contributed by atoms with E-state index in [-0.39, 0.29) is 11.8 Å². The van der Waals surface area contributed by atoms with Crippen molar-refractivity contribution >= 4 is 11.8 Å². The normalized spacial score (nSPS) is 41.0. The third-order valence-electron chi connectivity index (χ3n) is 4.20. The van der Waals surface area contributed by atoms with Gasteiger partial charge < -0.3 is 0 Å². The lowest BCUT2D eigenvalue weighted by molar-refractivity contribution is -1.01. The molecule has 2 amide bonds. The van der Waals surface area contributed by atoms with Crippen molar-refractivity contribution in [2.24, 2.45) is 0 Å². The lowest BCUT2D eigenvalue weighted by Gasteiger charge is -2.51. The zero-order valence-electron chi connectivity index (χ0n) is 8.95. The Kier molecular flexibility index (Phi) is 2.01. The Morgan fingerprint density at radius 3 is 1.07 bits per heavy atom. The molecule has 78 valence electrons. The van der Waals surface area contributed by atoms with E-state index in [0.29, 0.717) is 8.97 Å². The van der Waals surface area contributed by atoms with Gasteiger partial charge in [0.25, 0.3) is 0 Å². The SMILES string of the molecule is CC(=O)[N+]12CC[N+](C(C)=O)(CC1)CC2. The van der Waals surface area contributed by atoms with Crippen LogP contribution in [0.2, 0.25) is 0 Å². The maximum absolute atomic E-state index is 11.5. The van der Waals surface area contributed by atoms with Crippen LogP contribution in [0.1, 0.15) is 13.8 Å². The third-order valence-corrected chi connectivity index (χ3v) is 4.20. The molecule has 3 heterocycles. The van der Waals surface area contributed by atoms with Crippen LogP contribution >= 0.6 is 0 Å². The number of quaternary nitrogens is 2. The number of carbonyl (C=O) groups is 2. The maximum atomic E-state index is 11.5. The number of nitrogens with zero attached hydrogens (tertiary/aromatic N) is 2. The highest BCUT2D eigenvalue weighted by molar-refractivity contribution is 5.68. The zero-order valence-corrected chi connectivity index (χ0v) is 8.95. The molecule has 4 nitrogen and oxygen atoms in total. The molecule has 0 aromatic rings. The van der Waals surface area contributed by atoms with Crippen LogP contribution in [-0.4, -0.2) is 60.0 Å². The number of hydrogen-bond acceptors (Lipinski definition) is 2. The fourth-order valence-corrected chi connectivity index (χ4v) is 2.76. The predicted octanol–water partition coefficient (Wildman–Crippen LogP) is -0.260. The van der Waals surface area contributed by atoms with E-state index >= 15 is 0 Å². The molecule has 3 aliphatic rings. The second kappa shape index (κ2) is 2.87. The summed E-state index contributed by atoms with van der Waals surface area (Å²) < 4.78 is 1.24. The van der Waals surface area contributed by atoms with E-state index in [1.807, 2.05) is 0 Å². The summed E-state index contributed by atoms with van der Waals surface area (Å²) in [5.74, 6) is 0.539. The van der Waals surface area contributed by atoms with Gasteiger partial charge in [-0.15, -0.1) is 0 Å². The summed E-state index contributed by atoms with van der Waals surface area (Å²) >= 11 is 0. The lowest BCUT2D eigenvalue weighted by Crippen LogP contribution is -2.77. The van der Waals surface area contributed by atoms with Crippen molar-refractivity contribution < 1.29 is 18.6 Å². The summed E-state index contributed by atoms with van der Waals surface area (Å²) in [6.45, 7) is 8.50. The molecule has 0 N–H and O–H groups in total. The van der Waals surface area contributed by atoms with E-state index in [1.165, 1.54) is 0 Å². The summed E-state index contributed by atoms with van der Waals surface area (Å²) in [5.41, 5.74) is 0. The van der Waals surface area contributed by atoms with E-state index < -0.39 is 0 Å². The van der Waals surface area contributed by atoms with Crippen LogP contribution in [-0.2, 0) is 9.59 Å². The second-order valence-corrected chi connectivity index (χ2v) is 4.67. The topological polar surface area (TPSA) is 34.1 Å². The zero-order chi connectivity index (χ0) is 10.4. The summed E-state index contributed by atoms with van der Waals surface area (Å²) in [4.78, 5) is 23.1. The molecule has 2 bridgehead atoms. The number of piperazine rings is 3. The molecular weight excluding hydrogens is 180 g/mol. The minimum absolute atomic E-state index is 0.269. The van der Waals surface area contributed by atoms with Crippen molar-refractivity contribution in [3.63, 3.8) is 0 Å². The molecule has 14 heavy (non-hydrogen) atoms. The summed E-state index contributed by atoms with van der Waals surface area (Å²) in [6.07, 6.45) is 0. The van der Waals surface area contributed by atoms with Crippen molar-refractivity contribution in [1.82, 2.24) is 0 Å². The Morgan fingerprint density at radius 1 is 0.714 bits per heavy atom. The number of amides is 2. The third kappa shape index (κ3) is 1.14. The molecule has 4 heteroatoms. The first-order valence-corrected chi connectivity index (χ1v) is 5.25. The van der Waals surface area contributed by atoms with Crippen LogP contribution in [0, 0.1) is 0 Å². The Morgan fingerprint density at radius 2 is 0.929 bits per heavy atom. The lowest BCUT2D eigenvalue weighted by atomic mass is 10.1. The van der Waals surface area contributed by atoms with Gasteiger partial charge in [0.2, 0.25) is 0 Å². The van der Waals surface area contributed by atoms with Crippen molar-refractivity contribution in [2.45, 2.75) is 13.8 Å². The molecule has 0 aliphatic carbocycles. The van der Waals surface area contributed by atoms with Crippen LogP contribution in [0.15, 0.2) is 0 Å². The van der Waals surface area contributed by atoms with Crippen LogP contribution in [0.4, 0.5) is 0 Å². The highest BCUT2D eigenvalue weighted by Gasteiger charge is 2.53. The van der Waals surface area contributed by atoms with Crippen molar-refractivity contribution in [3.8, 4) is 0 Å². The number of rotatable bonds is 0. The Balaban J connectivity index is 2.21. The molecular formula is C10H18N2O2+2. The fourth-order valence-electron chi connectivity index (χ4n) is 2.76. The van der Waals surface area contributed by atoms with Gasteiger partial charge in [0.15, 0.2) is 0 Å². The van der Waals surface area contributed by atoms with Crippen LogP contribution in [0.25, 0.3) is 0 Å². The number of hydrogen-bond donors (Lipinski definition) is 0. The molecule has 0 atom stereocenters. The molecule has 3 fully saturated rings.